The van der Waals surface area contributed by atoms with Gasteiger partial charge in [-0.05, 0) is 24.8 Å². The number of rotatable bonds is 4. The highest BCUT2D eigenvalue weighted by molar-refractivity contribution is 9.09. The van der Waals surface area contributed by atoms with Gasteiger partial charge in [-0.15, -0.1) is 24.9 Å². The molecular formula is C11H10BrF3O2S. The van der Waals surface area contributed by atoms with Crippen LogP contribution in [0.2, 0.25) is 0 Å². The van der Waals surface area contributed by atoms with Gasteiger partial charge >= 0.3 is 6.36 Å². The molecule has 1 aromatic rings. The molecule has 2 nitrogen and oxygen atoms in total. The number of Topliss-reactive ketones (excluding diaryl/α,β-unsaturated/α-hetero) is 1. The standard InChI is InChI=1S/C11H10BrF3O2S/c1-6(16)9(12)7-4-3-5-8(10(7)18-2)17-11(13,14)15/h3-5,9H,1-2H3. The molecule has 0 fully saturated rings. The van der Waals surface area contributed by atoms with Crippen LogP contribution >= 0.6 is 27.7 Å². The van der Waals surface area contributed by atoms with E-state index in [4.69, 9.17) is 0 Å². The Kier molecular flexibility index (Phi) is 5.10. The molecule has 1 rings (SSSR count). The molecule has 1 atom stereocenters. The van der Waals surface area contributed by atoms with Crippen LogP contribution in [-0.4, -0.2) is 18.4 Å². The largest absolute Gasteiger partial charge is 0.573 e. The van der Waals surface area contributed by atoms with Gasteiger partial charge < -0.3 is 4.74 Å². The van der Waals surface area contributed by atoms with Gasteiger partial charge in [-0.3, -0.25) is 4.79 Å². The van der Waals surface area contributed by atoms with E-state index in [-0.39, 0.29) is 11.5 Å². The predicted molar refractivity (Wildman–Crippen MR) is 67.3 cm³/mol. The minimum atomic E-state index is -4.75. The summed E-state index contributed by atoms with van der Waals surface area (Å²) in [6.07, 6.45) is -3.12. The van der Waals surface area contributed by atoms with Crippen LogP contribution in [0.1, 0.15) is 17.3 Å². The smallest absolute Gasteiger partial charge is 0.405 e. The number of halogens is 4. The molecule has 0 aliphatic heterocycles. The molecule has 18 heavy (non-hydrogen) atoms. The average molecular weight is 343 g/mol. The lowest BCUT2D eigenvalue weighted by Gasteiger charge is -2.17. The maximum absolute atomic E-state index is 12.2. The second-order valence-corrected chi connectivity index (χ2v) is 5.13. The van der Waals surface area contributed by atoms with Crippen molar-refractivity contribution in [3.63, 3.8) is 0 Å². The van der Waals surface area contributed by atoms with E-state index >= 15 is 0 Å². The van der Waals surface area contributed by atoms with Gasteiger partial charge in [0.25, 0.3) is 0 Å². The summed E-state index contributed by atoms with van der Waals surface area (Å²) in [5.74, 6) is -0.479. The Morgan fingerprint density at radius 2 is 2.06 bits per heavy atom. The van der Waals surface area contributed by atoms with Gasteiger partial charge in [-0.25, -0.2) is 0 Å². The molecule has 0 bridgehead atoms. The third kappa shape index (κ3) is 3.91. The Labute approximate surface area is 115 Å². The Balaban J connectivity index is 3.22. The fourth-order valence-electron chi connectivity index (χ4n) is 1.37. The predicted octanol–water partition coefficient (Wildman–Crippen LogP) is 4.33. The van der Waals surface area contributed by atoms with E-state index < -0.39 is 11.2 Å². The zero-order valence-corrected chi connectivity index (χ0v) is 11.9. The number of alkyl halides is 4. The molecule has 100 valence electrons. The molecule has 0 saturated heterocycles. The van der Waals surface area contributed by atoms with Crippen LogP contribution < -0.4 is 4.74 Å². The lowest BCUT2D eigenvalue weighted by atomic mass is 10.1. The van der Waals surface area contributed by atoms with E-state index in [2.05, 4.69) is 20.7 Å². The SMILES string of the molecule is CSc1c(OC(F)(F)F)cccc1C(Br)C(C)=O. The number of carbonyl (C=O) groups is 1. The zero-order valence-electron chi connectivity index (χ0n) is 9.55. The van der Waals surface area contributed by atoms with Crippen molar-refractivity contribution >= 4 is 33.5 Å². The maximum Gasteiger partial charge on any atom is 0.573 e. The van der Waals surface area contributed by atoms with E-state index in [0.29, 0.717) is 10.5 Å². The summed E-state index contributed by atoms with van der Waals surface area (Å²) in [5.41, 5.74) is 0.469. The molecule has 0 saturated carbocycles. The number of hydrogen-bond acceptors (Lipinski definition) is 3. The third-order valence-corrected chi connectivity index (χ3v) is 4.05. The number of hydrogen-bond donors (Lipinski definition) is 0. The fourth-order valence-corrected chi connectivity index (χ4v) is 2.64. The van der Waals surface area contributed by atoms with Crippen LogP contribution in [0.4, 0.5) is 13.2 Å². The topological polar surface area (TPSA) is 26.3 Å². The first-order valence-corrected chi connectivity index (χ1v) is 6.97. The van der Waals surface area contributed by atoms with Gasteiger partial charge in [0, 0.05) is 0 Å². The number of ketones is 1. The molecule has 0 aliphatic rings. The normalized spacial score (nSPS) is 13.2. The summed E-state index contributed by atoms with van der Waals surface area (Å²) >= 11 is 4.26. The first-order valence-electron chi connectivity index (χ1n) is 4.83. The minimum absolute atomic E-state index is 0.186. The average Bonchev–Trinajstić information content (AvgIpc) is 2.25. The Hall–Kier alpha value is -0.690. The van der Waals surface area contributed by atoms with Crippen molar-refractivity contribution in [3.05, 3.63) is 23.8 Å². The van der Waals surface area contributed by atoms with E-state index in [1.165, 1.54) is 19.1 Å². The van der Waals surface area contributed by atoms with E-state index in [1.807, 2.05) is 0 Å². The van der Waals surface area contributed by atoms with Crippen LogP contribution in [0.3, 0.4) is 0 Å². The zero-order chi connectivity index (χ0) is 13.9. The first-order chi connectivity index (χ1) is 8.26. The summed E-state index contributed by atoms with van der Waals surface area (Å²) in [6, 6.07) is 4.24. The van der Waals surface area contributed by atoms with Gasteiger partial charge in [0.05, 0.1) is 9.72 Å². The maximum atomic E-state index is 12.2. The minimum Gasteiger partial charge on any atom is -0.405 e. The lowest BCUT2D eigenvalue weighted by molar-refractivity contribution is -0.275. The van der Waals surface area contributed by atoms with Gasteiger partial charge in [-0.2, -0.15) is 0 Å². The van der Waals surface area contributed by atoms with E-state index in [1.54, 1.807) is 12.3 Å². The van der Waals surface area contributed by atoms with Crippen LogP contribution in [0.5, 0.6) is 5.75 Å². The van der Waals surface area contributed by atoms with Crippen molar-refractivity contribution in [1.82, 2.24) is 0 Å². The van der Waals surface area contributed by atoms with Crippen LogP contribution in [0.15, 0.2) is 23.1 Å². The summed E-state index contributed by atoms with van der Waals surface area (Å²) in [6.45, 7) is 1.36. The van der Waals surface area contributed by atoms with Crippen molar-refractivity contribution in [3.8, 4) is 5.75 Å². The Morgan fingerprint density at radius 1 is 1.44 bits per heavy atom. The molecule has 0 spiro atoms. The summed E-state index contributed by atoms with van der Waals surface area (Å²) in [4.78, 5) is 10.9. The fraction of sp³-hybridized carbons (Fsp3) is 0.364. The first kappa shape index (κ1) is 15.4. The van der Waals surface area contributed by atoms with Gasteiger partial charge in [0.15, 0.2) is 0 Å². The number of ether oxygens (including phenoxy) is 1. The second kappa shape index (κ2) is 5.97. The molecule has 1 aromatic carbocycles. The number of carbonyl (C=O) groups excluding carboxylic acids is 1. The Bertz CT molecular complexity index is 448. The summed E-state index contributed by atoms with van der Waals surface area (Å²) in [5, 5.41) is 0. The van der Waals surface area contributed by atoms with Crippen LogP contribution in [-0.2, 0) is 4.79 Å². The van der Waals surface area contributed by atoms with Gasteiger partial charge in [0.1, 0.15) is 11.5 Å². The quantitative estimate of drug-likeness (QED) is 0.601. The molecule has 0 aliphatic carbocycles. The Morgan fingerprint density at radius 3 is 2.50 bits per heavy atom. The van der Waals surface area contributed by atoms with Gasteiger partial charge in [-0.1, -0.05) is 28.1 Å². The molecular weight excluding hydrogens is 333 g/mol. The second-order valence-electron chi connectivity index (χ2n) is 3.40. The lowest BCUT2D eigenvalue weighted by Crippen LogP contribution is -2.18. The van der Waals surface area contributed by atoms with Crippen molar-refractivity contribution in [1.29, 1.82) is 0 Å². The monoisotopic (exact) mass is 342 g/mol. The van der Waals surface area contributed by atoms with Gasteiger partial charge in [0.2, 0.25) is 0 Å². The molecule has 0 heterocycles. The molecule has 0 aromatic heterocycles. The van der Waals surface area contributed by atoms with Crippen LogP contribution in [0.25, 0.3) is 0 Å². The highest BCUT2D eigenvalue weighted by atomic mass is 79.9. The molecule has 7 heteroatoms. The summed E-state index contributed by atoms with van der Waals surface area (Å²) < 4.78 is 40.7. The van der Waals surface area contributed by atoms with Crippen LogP contribution in [0, 0.1) is 0 Å². The van der Waals surface area contributed by atoms with E-state index in [0.717, 1.165) is 11.8 Å². The van der Waals surface area contributed by atoms with Crippen molar-refractivity contribution in [2.75, 3.05) is 6.26 Å². The molecule has 0 amide bonds. The molecule has 1 unspecified atom stereocenters. The van der Waals surface area contributed by atoms with Crippen molar-refractivity contribution in [2.45, 2.75) is 23.0 Å². The highest BCUT2D eigenvalue weighted by Gasteiger charge is 2.33. The molecule has 0 N–H and O–H groups in total. The third-order valence-electron chi connectivity index (χ3n) is 2.07. The number of benzene rings is 1. The van der Waals surface area contributed by atoms with Crippen molar-refractivity contribution < 1.29 is 22.7 Å². The van der Waals surface area contributed by atoms with Crippen molar-refractivity contribution in [2.24, 2.45) is 0 Å². The van der Waals surface area contributed by atoms with E-state index in [9.17, 15) is 18.0 Å². The number of thioether (sulfide) groups is 1. The summed E-state index contributed by atoms with van der Waals surface area (Å²) in [7, 11) is 0. The molecule has 0 radical (unpaired) electrons. The highest BCUT2D eigenvalue weighted by Crippen LogP contribution is 2.39.